The quantitative estimate of drug-likeness (QED) is 0.116. The van der Waals surface area contributed by atoms with E-state index in [4.69, 9.17) is 0 Å². The van der Waals surface area contributed by atoms with Crippen molar-refractivity contribution in [1.29, 1.82) is 0 Å². The summed E-state index contributed by atoms with van der Waals surface area (Å²) in [5, 5.41) is 3.21. The van der Waals surface area contributed by atoms with Crippen molar-refractivity contribution in [3.8, 4) is 5.75 Å². The first-order valence-corrected chi connectivity index (χ1v) is 18.1. The van der Waals surface area contributed by atoms with E-state index in [0.29, 0.717) is 11.1 Å². The predicted octanol–water partition coefficient (Wildman–Crippen LogP) is 12.4. The SMILES string of the molecule is O=S(=O)(Oc1ccc2c(c1)c(N(c1ccccc1)c1ccccc1)cc1c3ccc(N(c4ccccc4)c4ccccc4)cc3sc21)C(F)(F)F. The van der Waals surface area contributed by atoms with Crippen molar-refractivity contribution in [1.82, 2.24) is 0 Å². The molecule has 0 radical (unpaired) electrons. The molecule has 0 aliphatic carbocycles. The van der Waals surface area contributed by atoms with Crippen molar-refractivity contribution in [2.24, 2.45) is 0 Å². The summed E-state index contributed by atoms with van der Waals surface area (Å²) in [6.45, 7) is 0. The maximum absolute atomic E-state index is 13.4. The van der Waals surface area contributed by atoms with Crippen LogP contribution in [-0.4, -0.2) is 13.9 Å². The Balaban J connectivity index is 1.39. The Labute approximate surface area is 296 Å². The molecule has 0 unspecified atom stereocenters. The molecular weight excluding hydrogens is 690 g/mol. The van der Waals surface area contributed by atoms with Gasteiger partial charge in [0, 0.05) is 59.4 Å². The van der Waals surface area contributed by atoms with Gasteiger partial charge in [-0.05, 0) is 84.9 Å². The second kappa shape index (κ2) is 12.8. The Kier molecular flexibility index (Phi) is 8.13. The number of hydrogen-bond acceptors (Lipinski definition) is 6. The van der Waals surface area contributed by atoms with E-state index >= 15 is 0 Å². The molecular formula is C41H27F3N2O3S2. The predicted molar refractivity (Wildman–Crippen MR) is 202 cm³/mol. The normalized spacial score (nSPS) is 12.0. The molecule has 0 spiro atoms. The van der Waals surface area contributed by atoms with Crippen molar-refractivity contribution in [3.63, 3.8) is 0 Å². The highest BCUT2D eigenvalue weighted by Crippen LogP contribution is 2.48. The molecule has 0 atom stereocenters. The zero-order valence-corrected chi connectivity index (χ0v) is 28.3. The molecule has 0 fully saturated rings. The van der Waals surface area contributed by atoms with Gasteiger partial charge in [-0.3, -0.25) is 0 Å². The summed E-state index contributed by atoms with van der Waals surface area (Å²) in [4.78, 5) is 4.19. The topological polar surface area (TPSA) is 49.9 Å². The fourth-order valence-corrected chi connectivity index (χ4v) is 8.03. The van der Waals surface area contributed by atoms with Gasteiger partial charge < -0.3 is 14.0 Å². The number of alkyl halides is 3. The molecule has 1 aromatic heterocycles. The van der Waals surface area contributed by atoms with Crippen LogP contribution in [0.4, 0.5) is 47.3 Å². The van der Waals surface area contributed by atoms with Gasteiger partial charge in [0.2, 0.25) is 0 Å². The molecule has 0 aliphatic heterocycles. The second-order valence-corrected chi connectivity index (χ2v) is 14.3. The molecule has 51 heavy (non-hydrogen) atoms. The molecule has 0 bridgehead atoms. The van der Waals surface area contributed by atoms with Crippen molar-refractivity contribution >= 4 is 86.5 Å². The third-order valence-electron chi connectivity index (χ3n) is 8.55. The van der Waals surface area contributed by atoms with E-state index in [1.807, 2.05) is 108 Å². The fourth-order valence-electron chi connectivity index (χ4n) is 6.33. The lowest BCUT2D eigenvalue weighted by Crippen LogP contribution is -2.28. The first kappa shape index (κ1) is 32.4. The van der Waals surface area contributed by atoms with Crippen molar-refractivity contribution in [2.75, 3.05) is 9.80 Å². The van der Waals surface area contributed by atoms with E-state index in [9.17, 15) is 21.6 Å². The number of hydrogen-bond donors (Lipinski definition) is 0. The largest absolute Gasteiger partial charge is 0.534 e. The molecule has 0 aliphatic rings. The average Bonchev–Trinajstić information content (AvgIpc) is 3.51. The van der Waals surface area contributed by atoms with Gasteiger partial charge in [-0.25, -0.2) is 0 Å². The molecule has 0 saturated carbocycles. The summed E-state index contributed by atoms with van der Waals surface area (Å²) in [6.07, 6.45) is 0. The molecule has 252 valence electrons. The maximum atomic E-state index is 13.4. The van der Waals surface area contributed by atoms with E-state index < -0.39 is 21.4 Å². The number of benzene rings is 7. The third-order valence-corrected chi connectivity index (χ3v) is 10.7. The van der Waals surface area contributed by atoms with Gasteiger partial charge in [0.15, 0.2) is 0 Å². The zero-order valence-electron chi connectivity index (χ0n) is 26.7. The molecule has 8 rings (SSSR count). The number of fused-ring (bicyclic) bond motifs is 5. The summed E-state index contributed by atoms with van der Waals surface area (Å²) < 4.78 is 70.9. The Bertz CT molecular complexity index is 2540. The number of halogens is 3. The average molecular weight is 717 g/mol. The highest BCUT2D eigenvalue weighted by Gasteiger charge is 2.48. The minimum atomic E-state index is -5.89. The monoisotopic (exact) mass is 716 g/mol. The molecule has 5 nitrogen and oxygen atoms in total. The highest BCUT2D eigenvalue weighted by atomic mass is 32.2. The summed E-state index contributed by atoms with van der Waals surface area (Å²) in [6, 6.07) is 52.0. The molecule has 0 saturated heterocycles. The molecule has 7 aromatic carbocycles. The van der Waals surface area contributed by atoms with Crippen LogP contribution in [0.15, 0.2) is 164 Å². The minimum absolute atomic E-state index is 0.439. The van der Waals surface area contributed by atoms with Crippen molar-refractivity contribution in [3.05, 3.63) is 164 Å². The molecule has 0 N–H and O–H groups in total. The van der Waals surface area contributed by atoms with Crippen LogP contribution in [-0.2, 0) is 10.1 Å². The van der Waals surface area contributed by atoms with Gasteiger partial charge in [-0.15, -0.1) is 11.3 Å². The van der Waals surface area contributed by atoms with Crippen LogP contribution in [0.2, 0.25) is 0 Å². The Hall–Kier alpha value is -5.84. The highest BCUT2D eigenvalue weighted by molar-refractivity contribution is 7.88. The molecule has 8 aromatic rings. The Morgan fingerprint density at radius 3 is 1.49 bits per heavy atom. The first-order valence-electron chi connectivity index (χ1n) is 15.9. The lowest BCUT2D eigenvalue weighted by molar-refractivity contribution is -0.0500. The number of nitrogens with zero attached hydrogens (tertiary/aromatic N) is 2. The van der Waals surface area contributed by atoms with Gasteiger partial charge in [0.25, 0.3) is 0 Å². The first-order chi connectivity index (χ1) is 24.7. The van der Waals surface area contributed by atoms with E-state index in [0.717, 1.165) is 54.0 Å². The van der Waals surface area contributed by atoms with Crippen LogP contribution in [0.25, 0.3) is 30.9 Å². The summed E-state index contributed by atoms with van der Waals surface area (Å²) in [5.74, 6) is -0.439. The molecule has 0 amide bonds. The number of anilines is 6. The maximum Gasteiger partial charge on any atom is 0.534 e. The van der Waals surface area contributed by atoms with Gasteiger partial charge in [0.1, 0.15) is 5.75 Å². The fraction of sp³-hybridized carbons (Fsp3) is 0.0244. The Morgan fingerprint density at radius 1 is 0.490 bits per heavy atom. The second-order valence-electron chi connectivity index (χ2n) is 11.8. The van der Waals surface area contributed by atoms with Crippen LogP contribution in [0.5, 0.6) is 5.75 Å². The number of para-hydroxylation sites is 4. The van der Waals surface area contributed by atoms with Gasteiger partial charge in [0.05, 0.1) is 5.69 Å². The van der Waals surface area contributed by atoms with Crippen LogP contribution < -0.4 is 14.0 Å². The van der Waals surface area contributed by atoms with Crippen molar-refractivity contribution < 1.29 is 25.8 Å². The van der Waals surface area contributed by atoms with E-state index in [-0.39, 0.29) is 0 Å². The standard InChI is InChI=1S/C41H27F3N2O3S2/c42-41(43,44)51(47,48)49-33-22-24-35-36(26-33)38(46(30-17-9-3-10-18-30)31-19-11-4-12-20-31)27-37-34-23-21-32(25-39(34)50-40(35)37)45(28-13-5-1-6-14-28)29-15-7-2-8-16-29/h1-27H. The smallest absolute Gasteiger partial charge is 0.376 e. The van der Waals surface area contributed by atoms with E-state index in [1.54, 1.807) is 17.4 Å². The summed E-state index contributed by atoms with van der Waals surface area (Å²) >= 11 is 1.56. The van der Waals surface area contributed by atoms with Gasteiger partial charge in [-0.2, -0.15) is 21.6 Å². The summed E-state index contributed by atoms with van der Waals surface area (Å²) in [7, 11) is -5.89. The van der Waals surface area contributed by atoms with Crippen LogP contribution in [0, 0.1) is 0 Å². The number of thiophene rings is 1. The minimum Gasteiger partial charge on any atom is -0.376 e. The van der Waals surface area contributed by atoms with Gasteiger partial charge in [-0.1, -0.05) is 78.9 Å². The lowest BCUT2D eigenvalue weighted by atomic mass is 10.0. The van der Waals surface area contributed by atoms with Crippen molar-refractivity contribution in [2.45, 2.75) is 5.51 Å². The Morgan fingerprint density at radius 2 is 0.980 bits per heavy atom. The molecule has 10 heteroatoms. The molecule has 1 heterocycles. The van der Waals surface area contributed by atoms with E-state index in [1.165, 1.54) is 12.1 Å². The van der Waals surface area contributed by atoms with Crippen LogP contribution in [0.3, 0.4) is 0 Å². The third kappa shape index (κ3) is 6.02. The lowest BCUT2D eigenvalue weighted by Gasteiger charge is -2.27. The van der Waals surface area contributed by atoms with E-state index in [2.05, 4.69) is 51.5 Å². The number of rotatable bonds is 8. The zero-order chi connectivity index (χ0) is 35.2. The van der Waals surface area contributed by atoms with Crippen LogP contribution >= 0.6 is 11.3 Å². The van der Waals surface area contributed by atoms with Crippen LogP contribution in [0.1, 0.15) is 0 Å². The summed E-state index contributed by atoms with van der Waals surface area (Å²) in [5.41, 5.74) is -0.364. The van der Waals surface area contributed by atoms with Gasteiger partial charge >= 0.3 is 15.6 Å².